The highest BCUT2D eigenvalue weighted by Gasteiger charge is 2.14. The van der Waals surface area contributed by atoms with E-state index in [2.05, 4.69) is 66.0 Å². The van der Waals surface area contributed by atoms with E-state index in [4.69, 9.17) is 0 Å². The molecule has 5 nitrogen and oxygen atoms in total. The van der Waals surface area contributed by atoms with Gasteiger partial charge in [-0.25, -0.2) is 4.98 Å². The molecule has 0 saturated heterocycles. The van der Waals surface area contributed by atoms with Crippen LogP contribution in [0.15, 0.2) is 58.1 Å². The number of rotatable bonds is 5. The van der Waals surface area contributed by atoms with Crippen molar-refractivity contribution >= 4 is 32.7 Å². The minimum Gasteiger partial charge on any atom is -0.341 e. The zero-order valence-electron chi connectivity index (χ0n) is 17.3. The fourth-order valence-electron chi connectivity index (χ4n) is 3.17. The maximum atomic E-state index is 12.6. The van der Waals surface area contributed by atoms with Crippen molar-refractivity contribution in [1.29, 1.82) is 0 Å². The van der Waals surface area contributed by atoms with Crippen molar-refractivity contribution in [3.8, 4) is 0 Å². The Morgan fingerprint density at radius 3 is 2.48 bits per heavy atom. The van der Waals surface area contributed by atoms with E-state index in [9.17, 15) is 9.59 Å². The van der Waals surface area contributed by atoms with Crippen molar-refractivity contribution in [2.75, 3.05) is 7.05 Å². The minimum absolute atomic E-state index is 0.00821. The van der Waals surface area contributed by atoms with E-state index in [1.54, 1.807) is 24.1 Å². The first-order chi connectivity index (χ1) is 13.6. The van der Waals surface area contributed by atoms with Crippen LogP contribution < -0.4 is 5.56 Å². The Morgan fingerprint density at radius 2 is 1.83 bits per heavy atom. The lowest BCUT2D eigenvalue weighted by molar-refractivity contribution is -0.130. The predicted octanol–water partition coefficient (Wildman–Crippen LogP) is 4.51. The monoisotopic (exact) mass is 455 g/mol. The number of hydrogen-bond acceptors (Lipinski definition) is 3. The average Bonchev–Trinajstić information content (AvgIpc) is 2.67. The molecule has 0 aliphatic carbocycles. The molecule has 29 heavy (non-hydrogen) atoms. The zero-order valence-corrected chi connectivity index (χ0v) is 18.9. The van der Waals surface area contributed by atoms with Gasteiger partial charge in [0, 0.05) is 31.0 Å². The molecular weight excluding hydrogens is 430 g/mol. The molecule has 0 aliphatic rings. The molecule has 0 fully saturated rings. The summed E-state index contributed by atoms with van der Waals surface area (Å²) in [5, 5.41) is 0.543. The van der Waals surface area contributed by atoms with Crippen LogP contribution in [0.3, 0.4) is 0 Å². The van der Waals surface area contributed by atoms with Crippen LogP contribution in [0.2, 0.25) is 0 Å². The summed E-state index contributed by atoms with van der Waals surface area (Å²) in [7, 11) is 1.79. The quantitative estimate of drug-likeness (QED) is 0.568. The summed E-state index contributed by atoms with van der Waals surface area (Å²) in [6, 6.07) is 13.8. The summed E-state index contributed by atoms with van der Waals surface area (Å²) in [4.78, 5) is 31.2. The van der Waals surface area contributed by atoms with Crippen LogP contribution in [0.1, 0.15) is 38.3 Å². The Hall–Kier alpha value is -2.47. The van der Waals surface area contributed by atoms with Gasteiger partial charge in [0.05, 0.1) is 17.2 Å². The van der Waals surface area contributed by atoms with Gasteiger partial charge < -0.3 is 4.90 Å². The van der Waals surface area contributed by atoms with Gasteiger partial charge in [0.25, 0.3) is 5.56 Å². The van der Waals surface area contributed by atoms with E-state index in [0.717, 1.165) is 10.0 Å². The number of carbonyl (C=O) groups is 1. The molecule has 3 rings (SSSR count). The Labute approximate surface area is 179 Å². The fraction of sp³-hybridized carbons (Fsp3) is 0.348. The number of halogens is 1. The molecule has 0 atom stereocenters. The lowest BCUT2D eigenvalue weighted by atomic mass is 9.87. The number of hydrogen-bond donors (Lipinski definition) is 0. The number of nitrogens with zero attached hydrogens (tertiary/aromatic N) is 3. The third kappa shape index (κ3) is 5.12. The van der Waals surface area contributed by atoms with Gasteiger partial charge in [0.2, 0.25) is 5.91 Å². The van der Waals surface area contributed by atoms with Crippen LogP contribution in [0.25, 0.3) is 10.9 Å². The molecule has 1 aromatic heterocycles. The first kappa shape index (κ1) is 21.2. The van der Waals surface area contributed by atoms with Crippen LogP contribution in [0, 0.1) is 0 Å². The molecule has 0 saturated carbocycles. The van der Waals surface area contributed by atoms with E-state index in [1.165, 1.54) is 16.5 Å². The standard InChI is InChI=1S/C23H26BrN3O2/c1-23(2,3)17-7-5-16(6-8-17)14-26(4)21(28)11-12-27-15-25-20-10-9-18(24)13-19(20)22(27)29/h5-10,13,15H,11-12,14H2,1-4H3. The molecule has 2 aromatic carbocycles. The molecule has 0 aliphatic heterocycles. The number of amides is 1. The topological polar surface area (TPSA) is 55.2 Å². The molecule has 0 spiro atoms. The summed E-state index contributed by atoms with van der Waals surface area (Å²) in [5.74, 6) is -0.00821. The highest BCUT2D eigenvalue weighted by Crippen LogP contribution is 2.22. The largest absolute Gasteiger partial charge is 0.341 e. The number of aromatic nitrogens is 2. The van der Waals surface area contributed by atoms with Crippen LogP contribution in [-0.2, 0) is 23.3 Å². The van der Waals surface area contributed by atoms with Crippen LogP contribution >= 0.6 is 15.9 Å². The maximum absolute atomic E-state index is 12.6. The maximum Gasteiger partial charge on any atom is 0.261 e. The van der Waals surface area contributed by atoms with Gasteiger partial charge in [0.1, 0.15) is 0 Å². The molecular formula is C23H26BrN3O2. The van der Waals surface area contributed by atoms with Crippen LogP contribution in [0.5, 0.6) is 0 Å². The summed E-state index contributed by atoms with van der Waals surface area (Å²) >= 11 is 3.38. The van der Waals surface area contributed by atoms with Crippen molar-refractivity contribution in [2.24, 2.45) is 0 Å². The van der Waals surface area contributed by atoms with E-state index in [-0.39, 0.29) is 23.3 Å². The number of fused-ring (bicyclic) bond motifs is 1. The zero-order chi connectivity index (χ0) is 21.2. The van der Waals surface area contributed by atoms with Crippen LogP contribution in [0.4, 0.5) is 0 Å². The second-order valence-corrected chi connectivity index (χ2v) is 9.27. The van der Waals surface area contributed by atoms with Crippen molar-refractivity contribution in [3.05, 3.63) is 74.7 Å². The second kappa shape index (κ2) is 8.49. The van der Waals surface area contributed by atoms with Crippen molar-refractivity contribution in [2.45, 2.75) is 45.7 Å². The molecule has 0 N–H and O–H groups in total. The summed E-state index contributed by atoms with van der Waals surface area (Å²) < 4.78 is 2.33. The van der Waals surface area contributed by atoms with E-state index in [1.807, 2.05) is 6.07 Å². The molecule has 152 valence electrons. The molecule has 0 unspecified atom stereocenters. The van der Waals surface area contributed by atoms with Crippen molar-refractivity contribution in [3.63, 3.8) is 0 Å². The lowest BCUT2D eigenvalue weighted by Gasteiger charge is -2.21. The summed E-state index contributed by atoms with van der Waals surface area (Å²) in [5.41, 5.74) is 2.98. The number of aryl methyl sites for hydroxylation is 1. The van der Waals surface area contributed by atoms with E-state index >= 15 is 0 Å². The van der Waals surface area contributed by atoms with Gasteiger partial charge >= 0.3 is 0 Å². The molecule has 0 bridgehead atoms. The summed E-state index contributed by atoms with van der Waals surface area (Å²) in [6.07, 6.45) is 1.76. The van der Waals surface area contributed by atoms with Gasteiger partial charge in [-0.2, -0.15) is 0 Å². The minimum atomic E-state index is -0.135. The van der Waals surface area contributed by atoms with Gasteiger partial charge in [-0.1, -0.05) is 61.0 Å². The highest BCUT2D eigenvalue weighted by molar-refractivity contribution is 9.10. The normalized spacial score (nSPS) is 11.6. The Morgan fingerprint density at radius 1 is 1.14 bits per heavy atom. The van der Waals surface area contributed by atoms with Crippen LogP contribution in [-0.4, -0.2) is 27.4 Å². The Kier molecular flexibility index (Phi) is 6.22. The van der Waals surface area contributed by atoms with E-state index < -0.39 is 0 Å². The number of carbonyl (C=O) groups excluding carboxylic acids is 1. The predicted molar refractivity (Wildman–Crippen MR) is 120 cm³/mol. The third-order valence-corrected chi connectivity index (χ3v) is 5.51. The SMILES string of the molecule is CN(Cc1ccc(C(C)(C)C)cc1)C(=O)CCn1cnc2ccc(Br)cc2c1=O. The van der Waals surface area contributed by atoms with Gasteiger partial charge in [-0.3, -0.25) is 14.2 Å². The first-order valence-electron chi connectivity index (χ1n) is 9.63. The molecule has 0 radical (unpaired) electrons. The molecule has 3 aromatic rings. The van der Waals surface area contributed by atoms with Crippen molar-refractivity contribution < 1.29 is 4.79 Å². The number of benzene rings is 2. The van der Waals surface area contributed by atoms with Crippen molar-refractivity contribution in [1.82, 2.24) is 14.5 Å². The van der Waals surface area contributed by atoms with Gasteiger partial charge in [-0.05, 0) is 34.7 Å². The molecule has 6 heteroatoms. The first-order valence-corrected chi connectivity index (χ1v) is 10.4. The van der Waals surface area contributed by atoms with E-state index in [0.29, 0.717) is 24.0 Å². The summed E-state index contributed by atoms with van der Waals surface area (Å²) in [6.45, 7) is 7.39. The molecule has 1 amide bonds. The highest BCUT2D eigenvalue weighted by atomic mass is 79.9. The third-order valence-electron chi connectivity index (χ3n) is 5.02. The molecule has 1 heterocycles. The smallest absolute Gasteiger partial charge is 0.261 e. The Balaban J connectivity index is 1.64. The van der Waals surface area contributed by atoms with Gasteiger partial charge in [0.15, 0.2) is 0 Å². The average molecular weight is 456 g/mol. The second-order valence-electron chi connectivity index (χ2n) is 8.35. The fourth-order valence-corrected chi connectivity index (χ4v) is 3.53. The van der Waals surface area contributed by atoms with Gasteiger partial charge in [-0.15, -0.1) is 0 Å². The Bertz CT molecular complexity index is 1080. The lowest BCUT2D eigenvalue weighted by Crippen LogP contribution is -2.29.